The molecule has 0 aromatic carbocycles. The van der Waals surface area contributed by atoms with Crippen LogP contribution in [0.3, 0.4) is 0 Å². The Morgan fingerprint density at radius 1 is 1.41 bits per heavy atom. The number of sulfone groups is 1. The lowest BCUT2D eigenvalue weighted by Crippen LogP contribution is -2.53. The van der Waals surface area contributed by atoms with Gasteiger partial charge in [0.05, 0.1) is 11.8 Å². The first-order chi connectivity index (χ1) is 7.90. The molecule has 0 aromatic rings. The molecule has 1 atom stereocenters. The highest BCUT2D eigenvalue weighted by Gasteiger charge is 2.22. The number of rotatable bonds is 5. The van der Waals surface area contributed by atoms with E-state index in [-0.39, 0.29) is 24.2 Å². The SMILES string of the molecule is CC(C(=O)NCCS(C)(=O)=O)N1CCNCC1. The summed E-state index contributed by atoms with van der Waals surface area (Å²) in [7, 11) is -3.01. The van der Waals surface area contributed by atoms with E-state index in [4.69, 9.17) is 0 Å². The number of hydrogen-bond acceptors (Lipinski definition) is 5. The molecule has 100 valence electrons. The molecule has 1 fully saturated rings. The lowest BCUT2D eigenvalue weighted by atomic mass is 10.2. The Morgan fingerprint density at radius 2 is 2.00 bits per heavy atom. The minimum Gasteiger partial charge on any atom is -0.354 e. The van der Waals surface area contributed by atoms with Crippen molar-refractivity contribution < 1.29 is 13.2 Å². The van der Waals surface area contributed by atoms with Gasteiger partial charge in [-0.1, -0.05) is 0 Å². The van der Waals surface area contributed by atoms with Crippen LogP contribution in [-0.4, -0.2) is 70.0 Å². The normalized spacial score (nSPS) is 19.9. The number of carbonyl (C=O) groups is 1. The zero-order valence-corrected chi connectivity index (χ0v) is 11.2. The summed E-state index contributed by atoms with van der Waals surface area (Å²) in [6.45, 7) is 5.51. The highest BCUT2D eigenvalue weighted by Crippen LogP contribution is 2.00. The van der Waals surface area contributed by atoms with Crippen molar-refractivity contribution in [2.24, 2.45) is 0 Å². The molecule has 0 radical (unpaired) electrons. The summed E-state index contributed by atoms with van der Waals surface area (Å²) in [5.41, 5.74) is 0. The number of nitrogens with one attached hydrogen (secondary N) is 2. The summed E-state index contributed by atoms with van der Waals surface area (Å²) in [5, 5.41) is 5.87. The van der Waals surface area contributed by atoms with Gasteiger partial charge in [0.25, 0.3) is 0 Å². The highest BCUT2D eigenvalue weighted by atomic mass is 32.2. The second kappa shape index (κ2) is 6.32. The molecule has 17 heavy (non-hydrogen) atoms. The minimum atomic E-state index is -3.01. The zero-order chi connectivity index (χ0) is 12.9. The van der Waals surface area contributed by atoms with Crippen LogP contribution >= 0.6 is 0 Å². The van der Waals surface area contributed by atoms with Gasteiger partial charge in [0.2, 0.25) is 5.91 Å². The van der Waals surface area contributed by atoms with Crippen molar-refractivity contribution in [2.75, 3.05) is 44.7 Å². The van der Waals surface area contributed by atoms with E-state index in [9.17, 15) is 13.2 Å². The highest BCUT2D eigenvalue weighted by molar-refractivity contribution is 7.90. The van der Waals surface area contributed by atoms with Crippen molar-refractivity contribution in [3.8, 4) is 0 Å². The predicted molar refractivity (Wildman–Crippen MR) is 66.6 cm³/mol. The predicted octanol–water partition coefficient (Wildman–Crippen LogP) is -1.56. The largest absolute Gasteiger partial charge is 0.354 e. The molecule has 0 aliphatic carbocycles. The van der Waals surface area contributed by atoms with Gasteiger partial charge in [-0.15, -0.1) is 0 Å². The Kier molecular flexibility index (Phi) is 5.35. The van der Waals surface area contributed by atoms with Crippen LogP contribution in [0.1, 0.15) is 6.92 Å². The molecule has 7 heteroatoms. The molecule has 1 heterocycles. The monoisotopic (exact) mass is 263 g/mol. The maximum absolute atomic E-state index is 11.8. The van der Waals surface area contributed by atoms with Crippen molar-refractivity contribution in [1.82, 2.24) is 15.5 Å². The molecule has 6 nitrogen and oxygen atoms in total. The van der Waals surface area contributed by atoms with Crippen LogP contribution in [0.25, 0.3) is 0 Å². The third-order valence-electron chi connectivity index (χ3n) is 2.85. The number of hydrogen-bond donors (Lipinski definition) is 2. The van der Waals surface area contributed by atoms with Gasteiger partial charge in [0.1, 0.15) is 9.84 Å². The fraction of sp³-hybridized carbons (Fsp3) is 0.900. The maximum Gasteiger partial charge on any atom is 0.237 e. The Balaban J connectivity index is 2.31. The maximum atomic E-state index is 11.8. The first kappa shape index (κ1) is 14.4. The second-order valence-corrected chi connectivity index (χ2v) is 6.64. The third kappa shape index (κ3) is 5.47. The van der Waals surface area contributed by atoms with E-state index in [2.05, 4.69) is 15.5 Å². The van der Waals surface area contributed by atoms with Crippen molar-refractivity contribution in [3.05, 3.63) is 0 Å². The van der Waals surface area contributed by atoms with E-state index < -0.39 is 9.84 Å². The average Bonchev–Trinajstić information content (AvgIpc) is 2.27. The molecule has 0 saturated carbocycles. The molecular formula is C10H21N3O3S. The fourth-order valence-electron chi connectivity index (χ4n) is 1.74. The Morgan fingerprint density at radius 3 is 2.53 bits per heavy atom. The van der Waals surface area contributed by atoms with Gasteiger partial charge < -0.3 is 10.6 Å². The summed E-state index contributed by atoms with van der Waals surface area (Å²) in [6, 6.07) is -0.198. The number of amides is 1. The van der Waals surface area contributed by atoms with Crippen molar-refractivity contribution in [1.29, 1.82) is 0 Å². The standard InChI is InChI=1S/C10H21N3O3S/c1-9(13-6-3-11-4-7-13)10(14)12-5-8-17(2,15)16/h9,11H,3-8H2,1-2H3,(H,12,14). The molecule has 1 saturated heterocycles. The van der Waals surface area contributed by atoms with Gasteiger partial charge in [-0.3, -0.25) is 9.69 Å². The quantitative estimate of drug-likeness (QED) is 0.627. The van der Waals surface area contributed by atoms with E-state index >= 15 is 0 Å². The van der Waals surface area contributed by atoms with E-state index in [1.165, 1.54) is 6.26 Å². The smallest absolute Gasteiger partial charge is 0.237 e. The summed E-state index contributed by atoms with van der Waals surface area (Å²) >= 11 is 0. The van der Waals surface area contributed by atoms with Crippen LogP contribution in [0.15, 0.2) is 0 Å². The van der Waals surface area contributed by atoms with Gasteiger partial charge in [-0.25, -0.2) is 8.42 Å². The molecular weight excluding hydrogens is 242 g/mol. The van der Waals surface area contributed by atoms with Crippen LogP contribution in [0.4, 0.5) is 0 Å². The number of piperazine rings is 1. The Hall–Kier alpha value is -0.660. The molecule has 1 amide bonds. The van der Waals surface area contributed by atoms with Gasteiger partial charge in [0.15, 0.2) is 0 Å². The molecule has 2 N–H and O–H groups in total. The Bertz CT molecular complexity index is 350. The number of carbonyl (C=O) groups excluding carboxylic acids is 1. The first-order valence-electron chi connectivity index (χ1n) is 5.80. The van der Waals surface area contributed by atoms with Gasteiger partial charge in [-0.05, 0) is 6.92 Å². The van der Waals surface area contributed by atoms with E-state index in [0.29, 0.717) is 0 Å². The molecule has 1 rings (SSSR count). The van der Waals surface area contributed by atoms with E-state index in [0.717, 1.165) is 26.2 Å². The molecule has 0 bridgehead atoms. The molecule has 1 aliphatic heterocycles. The van der Waals surface area contributed by atoms with Gasteiger partial charge in [0, 0.05) is 39.0 Å². The lowest BCUT2D eigenvalue weighted by molar-refractivity contribution is -0.125. The molecule has 1 unspecified atom stereocenters. The third-order valence-corrected chi connectivity index (χ3v) is 3.80. The summed E-state index contributed by atoms with van der Waals surface area (Å²) in [4.78, 5) is 13.8. The van der Waals surface area contributed by atoms with E-state index in [1.807, 2.05) is 6.92 Å². The fourth-order valence-corrected chi connectivity index (χ4v) is 2.22. The lowest BCUT2D eigenvalue weighted by Gasteiger charge is -2.31. The molecule has 0 spiro atoms. The number of nitrogens with zero attached hydrogens (tertiary/aromatic N) is 1. The molecule has 1 aliphatic rings. The van der Waals surface area contributed by atoms with Crippen molar-refractivity contribution in [2.45, 2.75) is 13.0 Å². The van der Waals surface area contributed by atoms with Crippen LogP contribution in [-0.2, 0) is 14.6 Å². The van der Waals surface area contributed by atoms with Gasteiger partial charge in [-0.2, -0.15) is 0 Å². The zero-order valence-electron chi connectivity index (χ0n) is 10.4. The molecule has 0 aromatic heterocycles. The van der Waals surface area contributed by atoms with Crippen molar-refractivity contribution >= 4 is 15.7 Å². The Labute approximate surface area is 103 Å². The second-order valence-electron chi connectivity index (χ2n) is 4.38. The van der Waals surface area contributed by atoms with Crippen LogP contribution in [0.2, 0.25) is 0 Å². The van der Waals surface area contributed by atoms with Gasteiger partial charge >= 0.3 is 0 Å². The average molecular weight is 263 g/mol. The summed E-state index contributed by atoms with van der Waals surface area (Å²) in [6.07, 6.45) is 1.17. The van der Waals surface area contributed by atoms with Crippen LogP contribution in [0, 0.1) is 0 Å². The topological polar surface area (TPSA) is 78.5 Å². The minimum absolute atomic E-state index is 0.00693. The van der Waals surface area contributed by atoms with Crippen LogP contribution < -0.4 is 10.6 Å². The summed E-state index contributed by atoms with van der Waals surface area (Å²) in [5.74, 6) is -0.108. The van der Waals surface area contributed by atoms with Crippen molar-refractivity contribution in [3.63, 3.8) is 0 Å². The van der Waals surface area contributed by atoms with Crippen LogP contribution in [0.5, 0.6) is 0 Å². The van der Waals surface area contributed by atoms with E-state index in [1.54, 1.807) is 0 Å². The first-order valence-corrected chi connectivity index (χ1v) is 7.86. The summed E-state index contributed by atoms with van der Waals surface area (Å²) < 4.78 is 21.8.